The van der Waals surface area contributed by atoms with E-state index in [-0.39, 0.29) is 27.2 Å². The zero-order chi connectivity index (χ0) is 32.0. The summed E-state index contributed by atoms with van der Waals surface area (Å²) in [5.74, 6) is -0.0601. The molecule has 5 rings (SSSR count). The second kappa shape index (κ2) is 13.4. The largest absolute Gasteiger partial charge is 0.356 e. The Kier molecular flexibility index (Phi) is 9.21. The van der Waals surface area contributed by atoms with Crippen molar-refractivity contribution in [2.45, 2.75) is 11.8 Å². The number of hydrogen-bond acceptors (Lipinski definition) is 7. The van der Waals surface area contributed by atoms with Crippen molar-refractivity contribution in [3.8, 4) is 5.69 Å². The first-order chi connectivity index (χ1) is 21.6. The lowest BCUT2D eigenvalue weighted by Gasteiger charge is -2.12. The highest BCUT2D eigenvalue weighted by molar-refractivity contribution is 7.92. The molecule has 0 aliphatic heterocycles. The molecule has 0 unspecified atom stereocenters. The van der Waals surface area contributed by atoms with Crippen LogP contribution in [-0.4, -0.2) is 33.7 Å². The quantitative estimate of drug-likeness (QED) is 0.0911. The van der Waals surface area contributed by atoms with Crippen molar-refractivity contribution < 1.29 is 13.2 Å². The molecule has 228 valence electrons. The van der Waals surface area contributed by atoms with Crippen molar-refractivity contribution in [3.63, 3.8) is 0 Å². The van der Waals surface area contributed by atoms with Gasteiger partial charge >= 0.3 is 0 Å². The van der Waals surface area contributed by atoms with Gasteiger partial charge < -0.3 is 16.0 Å². The number of aromatic nitrogens is 3. The number of nitrogens with zero attached hydrogens (tertiary/aromatic N) is 3. The molecule has 13 heteroatoms. The van der Waals surface area contributed by atoms with Crippen LogP contribution < -0.4 is 26.2 Å². The molecule has 45 heavy (non-hydrogen) atoms. The zero-order valence-corrected chi connectivity index (χ0v) is 25.9. The van der Waals surface area contributed by atoms with E-state index < -0.39 is 10.0 Å². The van der Waals surface area contributed by atoms with Gasteiger partial charge in [-0.25, -0.2) is 18.1 Å². The van der Waals surface area contributed by atoms with Crippen LogP contribution in [0.5, 0.6) is 0 Å². The molecule has 0 aliphatic carbocycles. The Morgan fingerprint density at radius 1 is 0.889 bits per heavy atom. The smallest absolute Gasteiger partial charge is 0.295 e. The van der Waals surface area contributed by atoms with Gasteiger partial charge in [-0.3, -0.25) is 19.0 Å². The van der Waals surface area contributed by atoms with E-state index in [4.69, 9.17) is 12.2 Å². The van der Waals surface area contributed by atoms with Gasteiger partial charge in [0.2, 0.25) is 0 Å². The summed E-state index contributed by atoms with van der Waals surface area (Å²) >= 11 is 5.41. The average molecular weight is 640 g/mol. The van der Waals surface area contributed by atoms with Crippen molar-refractivity contribution in [1.29, 1.82) is 0 Å². The number of carbonyl (C=O) groups excluding carboxylic acids is 1. The minimum Gasteiger partial charge on any atom is -0.356 e. The highest BCUT2D eigenvalue weighted by Crippen LogP contribution is 2.19. The molecular weight excluding hydrogens is 611 g/mol. The van der Waals surface area contributed by atoms with Gasteiger partial charge in [-0.2, -0.15) is 0 Å². The molecule has 2 heterocycles. The number of rotatable bonds is 10. The van der Waals surface area contributed by atoms with Gasteiger partial charge in [0.05, 0.1) is 16.3 Å². The van der Waals surface area contributed by atoms with E-state index in [1.54, 1.807) is 71.0 Å². The lowest BCUT2D eigenvalue weighted by Crippen LogP contribution is -2.20. The van der Waals surface area contributed by atoms with Crippen LogP contribution in [0.15, 0.2) is 125 Å². The van der Waals surface area contributed by atoms with Crippen LogP contribution in [0.3, 0.4) is 0 Å². The van der Waals surface area contributed by atoms with Crippen LogP contribution in [-0.2, 0) is 17.1 Å². The number of sulfonamides is 1. The molecule has 0 saturated heterocycles. The predicted molar refractivity (Wildman–Crippen MR) is 181 cm³/mol. The Morgan fingerprint density at radius 2 is 1.60 bits per heavy atom. The summed E-state index contributed by atoms with van der Waals surface area (Å²) in [6.45, 7) is 1.82. The third-order valence-electron chi connectivity index (χ3n) is 6.75. The van der Waals surface area contributed by atoms with E-state index in [0.29, 0.717) is 28.3 Å². The third kappa shape index (κ3) is 7.34. The molecule has 0 spiro atoms. The summed E-state index contributed by atoms with van der Waals surface area (Å²) in [6, 6.07) is 27.1. The molecule has 11 nitrogen and oxygen atoms in total. The fourth-order valence-corrected chi connectivity index (χ4v) is 5.66. The number of ketones is 1. The Labute approximate surface area is 265 Å². The zero-order valence-electron chi connectivity index (χ0n) is 24.3. The number of carbonyl (C=O) groups is 1. The van der Waals surface area contributed by atoms with Crippen LogP contribution >= 0.6 is 12.2 Å². The monoisotopic (exact) mass is 639 g/mol. The van der Waals surface area contributed by atoms with Gasteiger partial charge in [-0.05, 0) is 79.8 Å². The molecule has 0 fully saturated rings. The number of para-hydroxylation sites is 1. The van der Waals surface area contributed by atoms with E-state index in [0.717, 1.165) is 5.69 Å². The first kappa shape index (κ1) is 30.9. The molecular formula is C32H29N7O4S2. The molecule has 0 amide bonds. The SMILES string of the molecule is Cc1c(N/C=C/C(=O)c2cccc(NC(=S)Nc3ccc(S(=O)(=O)Nc4ccccn4)cc3)c2)c(=O)n(-c2ccccc2)n1C. The van der Waals surface area contributed by atoms with Crippen LogP contribution in [0.4, 0.5) is 22.9 Å². The topological polar surface area (TPSA) is 139 Å². The highest BCUT2D eigenvalue weighted by Gasteiger charge is 2.16. The Bertz CT molecular complexity index is 2040. The summed E-state index contributed by atoms with van der Waals surface area (Å²) in [5.41, 5.74) is 3.12. The lowest BCUT2D eigenvalue weighted by atomic mass is 10.1. The number of thiocarbonyl (C=S) groups is 1. The molecule has 0 radical (unpaired) electrons. The standard InChI is InChI=1S/C32H29N7O4S2/c1-22-30(31(41)39(38(22)2)26-11-4-3-5-12-26)34-20-18-28(40)23-9-8-10-25(21-23)36-32(44)35-24-14-16-27(17-15-24)45(42,43)37-29-13-6-7-19-33-29/h3-21,34H,1-2H3,(H,33,37)(H2,35,36,44)/b20-18+. The first-order valence-corrected chi connectivity index (χ1v) is 15.5. The summed E-state index contributed by atoms with van der Waals surface area (Å²) in [4.78, 5) is 30.0. The van der Waals surface area contributed by atoms with Crippen LogP contribution in [0, 0.1) is 6.92 Å². The normalized spacial score (nSPS) is 11.2. The van der Waals surface area contributed by atoms with Crippen LogP contribution in [0.1, 0.15) is 16.1 Å². The lowest BCUT2D eigenvalue weighted by molar-refractivity contribution is 0.104. The van der Waals surface area contributed by atoms with Gasteiger partial charge in [-0.15, -0.1) is 0 Å². The van der Waals surface area contributed by atoms with E-state index in [1.807, 2.05) is 37.3 Å². The van der Waals surface area contributed by atoms with Crippen molar-refractivity contribution in [1.82, 2.24) is 14.3 Å². The molecule has 5 aromatic rings. The maximum Gasteiger partial charge on any atom is 0.295 e. The van der Waals surface area contributed by atoms with Gasteiger partial charge in [0.25, 0.3) is 15.6 Å². The van der Waals surface area contributed by atoms with Crippen LogP contribution in [0.25, 0.3) is 5.69 Å². The van der Waals surface area contributed by atoms with E-state index >= 15 is 0 Å². The minimum absolute atomic E-state index is 0.0654. The Hall–Kier alpha value is -5.53. The minimum atomic E-state index is -3.81. The molecule has 0 aliphatic rings. The molecule has 4 N–H and O–H groups in total. The van der Waals surface area contributed by atoms with Crippen molar-refractivity contribution in [2.75, 3.05) is 20.7 Å². The number of pyridine rings is 1. The number of benzene rings is 3. The van der Waals surface area contributed by atoms with Gasteiger partial charge in [-0.1, -0.05) is 36.4 Å². The molecule has 0 bridgehead atoms. The van der Waals surface area contributed by atoms with E-state index in [9.17, 15) is 18.0 Å². The highest BCUT2D eigenvalue weighted by atomic mass is 32.2. The molecule has 3 aromatic carbocycles. The number of nitrogens with one attached hydrogen (secondary N) is 4. The van der Waals surface area contributed by atoms with E-state index in [1.165, 1.54) is 30.6 Å². The number of hydrogen-bond donors (Lipinski definition) is 4. The molecule has 0 saturated carbocycles. The molecule has 2 aromatic heterocycles. The average Bonchev–Trinajstić information content (AvgIpc) is 3.24. The van der Waals surface area contributed by atoms with Crippen molar-refractivity contribution >= 4 is 56.0 Å². The predicted octanol–water partition coefficient (Wildman–Crippen LogP) is 5.30. The maximum absolute atomic E-state index is 13.1. The second-order valence-electron chi connectivity index (χ2n) is 9.78. The van der Waals surface area contributed by atoms with Crippen molar-refractivity contribution in [2.24, 2.45) is 7.05 Å². The number of anilines is 4. The summed E-state index contributed by atoms with van der Waals surface area (Å²) in [6.07, 6.45) is 4.30. The fraction of sp³-hybridized carbons (Fsp3) is 0.0625. The van der Waals surface area contributed by atoms with Gasteiger partial charge in [0.1, 0.15) is 11.5 Å². The maximum atomic E-state index is 13.1. The summed E-state index contributed by atoms with van der Waals surface area (Å²) in [5, 5.41) is 9.24. The summed E-state index contributed by atoms with van der Waals surface area (Å²) in [7, 11) is -2.01. The first-order valence-electron chi connectivity index (χ1n) is 13.7. The Morgan fingerprint density at radius 3 is 2.31 bits per heavy atom. The van der Waals surface area contributed by atoms with Crippen molar-refractivity contribution in [3.05, 3.63) is 137 Å². The van der Waals surface area contributed by atoms with Gasteiger partial charge in [0, 0.05) is 42.5 Å². The van der Waals surface area contributed by atoms with E-state index in [2.05, 4.69) is 25.7 Å². The van der Waals surface area contributed by atoms with Gasteiger partial charge in [0.15, 0.2) is 10.9 Å². The second-order valence-corrected chi connectivity index (χ2v) is 11.9. The number of allylic oxidation sites excluding steroid dienone is 1. The van der Waals surface area contributed by atoms with Crippen LogP contribution in [0.2, 0.25) is 0 Å². The molecule has 0 atom stereocenters. The third-order valence-corrected chi connectivity index (χ3v) is 8.32. The Balaban J connectivity index is 1.19. The fourth-order valence-electron chi connectivity index (χ4n) is 4.41. The summed E-state index contributed by atoms with van der Waals surface area (Å²) < 4.78 is 31.0.